The molecule has 2 fully saturated rings. The first-order valence-electron chi connectivity index (χ1n) is 7.06. The third-order valence-electron chi connectivity index (χ3n) is 3.90. The summed E-state index contributed by atoms with van der Waals surface area (Å²) in [5, 5.41) is 11.8. The number of aliphatic carboxylic acids is 1. The van der Waals surface area contributed by atoms with Gasteiger partial charge in [-0.2, -0.15) is 0 Å². The predicted octanol–water partition coefficient (Wildman–Crippen LogP) is -1.02. The number of carboxylic acid groups (broad SMARTS) is 1. The average Bonchev–Trinajstić information content (AvgIpc) is 2.38. The first kappa shape index (κ1) is 15.2. The van der Waals surface area contributed by atoms with Gasteiger partial charge in [-0.05, 0) is 13.8 Å². The van der Waals surface area contributed by atoms with Gasteiger partial charge in [0.1, 0.15) is 6.04 Å². The van der Waals surface area contributed by atoms with Crippen molar-refractivity contribution >= 4 is 11.9 Å². The van der Waals surface area contributed by atoms with Crippen LogP contribution in [0.4, 0.5) is 0 Å². The van der Waals surface area contributed by atoms with Crippen molar-refractivity contribution in [2.75, 3.05) is 39.3 Å². The van der Waals surface area contributed by atoms with Gasteiger partial charge in [0, 0.05) is 32.2 Å². The molecular weight excluding hydrogens is 262 g/mol. The molecule has 2 rings (SSSR count). The molecule has 0 aromatic heterocycles. The molecule has 0 aromatic rings. The van der Waals surface area contributed by atoms with Crippen molar-refractivity contribution in [1.29, 1.82) is 0 Å². The molecule has 2 heterocycles. The molecule has 2 aliphatic heterocycles. The molecule has 2 N–H and O–H groups in total. The van der Waals surface area contributed by atoms with E-state index in [1.54, 1.807) is 4.90 Å². The number of amides is 1. The van der Waals surface area contributed by atoms with E-state index in [-0.39, 0.29) is 25.1 Å². The number of rotatable bonds is 4. The number of morpholine rings is 1. The number of hydrogen-bond donors (Lipinski definition) is 2. The lowest BCUT2D eigenvalue weighted by molar-refractivity contribution is -0.147. The van der Waals surface area contributed by atoms with Gasteiger partial charge in [-0.15, -0.1) is 0 Å². The Kier molecular flexibility index (Phi) is 4.95. The number of piperazine rings is 1. The second-order valence-corrected chi connectivity index (χ2v) is 5.67. The molecule has 0 spiro atoms. The minimum absolute atomic E-state index is 0.0427. The predicted molar refractivity (Wildman–Crippen MR) is 72.5 cm³/mol. The Bertz CT molecular complexity index is 375. The molecular formula is C13H23N3O4. The van der Waals surface area contributed by atoms with Gasteiger partial charge in [0.05, 0.1) is 19.3 Å². The van der Waals surface area contributed by atoms with Gasteiger partial charge >= 0.3 is 5.97 Å². The summed E-state index contributed by atoms with van der Waals surface area (Å²) in [6.45, 7) is 7.37. The van der Waals surface area contributed by atoms with E-state index in [4.69, 9.17) is 4.74 Å². The van der Waals surface area contributed by atoms with E-state index < -0.39 is 12.0 Å². The second-order valence-electron chi connectivity index (χ2n) is 5.67. The van der Waals surface area contributed by atoms with Gasteiger partial charge in [0.2, 0.25) is 5.91 Å². The van der Waals surface area contributed by atoms with E-state index in [0.717, 1.165) is 13.1 Å². The van der Waals surface area contributed by atoms with Gasteiger partial charge in [-0.3, -0.25) is 19.4 Å². The summed E-state index contributed by atoms with van der Waals surface area (Å²) < 4.78 is 5.72. The molecule has 20 heavy (non-hydrogen) atoms. The average molecular weight is 285 g/mol. The Morgan fingerprint density at radius 2 is 2.30 bits per heavy atom. The van der Waals surface area contributed by atoms with Crippen molar-refractivity contribution in [2.45, 2.75) is 32.0 Å². The molecule has 7 heteroatoms. The summed E-state index contributed by atoms with van der Waals surface area (Å²) in [7, 11) is 0. The smallest absolute Gasteiger partial charge is 0.322 e. The highest BCUT2D eigenvalue weighted by molar-refractivity contribution is 5.83. The molecule has 2 aliphatic rings. The number of ether oxygens (including phenoxy) is 1. The van der Waals surface area contributed by atoms with Crippen LogP contribution in [0.5, 0.6) is 0 Å². The van der Waals surface area contributed by atoms with Gasteiger partial charge in [-0.25, -0.2) is 0 Å². The first-order valence-corrected chi connectivity index (χ1v) is 7.06. The Morgan fingerprint density at radius 1 is 1.55 bits per heavy atom. The maximum Gasteiger partial charge on any atom is 0.322 e. The second kappa shape index (κ2) is 6.51. The van der Waals surface area contributed by atoms with Crippen molar-refractivity contribution in [3.63, 3.8) is 0 Å². The van der Waals surface area contributed by atoms with Crippen LogP contribution in [-0.2, 0) is 14.3 Å². The number of nitrogens with one attached hydrogen (secondary N) is 1. The molecule has 0 aliphatic carbocycles. The number of carbonyl (C=O) groups excluding carboxylic acids is 1. The van der Waals surface area contributed by atoms with Crippen molar-refractivity contribution in [1.82, 2.24) is 15.1 Å². The molecule has 2 atom stereocenters. The Hall–Kier alpha value is -1.18. The maximum absolute atomic E-state index is 11.5. The van der Waals surface area contributed by atoms with Gasteiger partial charge in [-0.1, -0.05) is 0 Å². The quantitative estimate of drug-likeness (QED) is 0.688. The summed E-state index contributed by atoms with van der Waals surface area (Å²) >= 11 is 0. The lowest BCUT2D eigenvalue weighted by Gasteiger charge is -2.40. The molecule has 7 nitrogen and oxygen atoms in total. The maximum atomic E-state index is 11.5. The highest BCUT2D eigenvalue weighted by Gasteiger charge is 2.34. The normalized spacial score (nSPS) is 29.4. The highest BCUT2D eigenvalue weighted by atomic mass is 16.5. The summed E-state index contributed by atoms with van der Waals surface area (Å²) in [6, 6.07) is -0.216. The monoisotopic (exact) mass is 285 g/mol. The molecule has 0 saturated carbocycles. The standard InChI is InChI=1S/C13H23N3O4/c1-9(2)15-3-4-20-10(6-15)7-16-8-12(17)14-5-11(16)13(18)19/h9-11H,3-8H2,1-2H3,(H,14,17)(H,18,19). The van der Waals surface area contributed by atoms with Crippen LogP contribution in [0, 0.1) is 0 Å². The summed E-state index contributed by atoms with van der Waals surface area (Å²) in [6.07, 6.45) is -0.0427. The van der Waals surface area contributed by atoms with E-state index >= 15 is 0 Å². The van der Waals surface area contributed by atoms with Gasteiger partial charge in [0.15, 0.2) is 0 Å². The minimum atomic E-state index is -0.901. The van der Waals surface area contributed by atoms with Crippen molar-refractivity contribution in [2.24, 2.45) is 0 Å². The molecule has 2 unspecified atom stereocenters. The SMILES string of the molecule is CC(C)N1CCOC(CN2CC(=O)NCC2C(=O)O)C1. The fourth-order valence-corrected chi connectivity index (χ4v) is 2.71. The molecule has 2 saturated heterocycles. The Balaban J connectivity index is 1.95. The van der Waals surface area contributed by atoms with Crippen molar-refractivity contribution in [3.8, 4) is 0 Å². The number of carbonyl (C=O) groups is 2. The van der Waals surface area contributed by atoms with Crippen molar-refractivity contribution < 1.29 is 19.4 Å². The van der Waals surface area contributed by atoms with E-state index in [1.165, 1.54) is 0 Å². The lowest BCUT2D eigenvalue weighted by atomic mass is 10.1. The molecule has 0 aromatic carbocycles. The molecule has 114 valence electrons. The number of hydrogen-bond acceptors (Lipinski definition) is 5. The third-order valence-corrected chi connectivity index (χ3v) is 3.90. The van der Waals surface area contributed by atoms with E-state index in [1.807, 2.05) is 0 Å². The minimum Gasteiger partial charge on any atom is -0.480 e. The molecule has 0 radical (unpaired) electrons. The fraction of sp³-hybridized carbons (Fsp3) is 0.846. The summed E-state index contributed by atoms with van der Waals surface area (Å²) in [5.74, 6) is -1.03. The van der Waals surface area contributed by atoms with Crippen LogP contribution in [0.25, 0.3) is 0 Å². The highest BCUT2D eigenvalue weighted by Crippen LogP contribution is 2.13. The van der Waals surface area contributed by atoms with Gasteiger partial charge in [0.25, 0.3) is 0 Å². The van der Waals surface area contributed by atoms with Crippen molar-refractivity contribution in [3.05, 3.63) is 0 Å². The van der Waals surface area contributed by atoms with Crippen LogP contribution in [-0.4, -0.2) is 84.3 Å². The van der Waals surface area contributed by atoms with Crippen LogP contribution in [0.15, 0.2) is 0 Å². The largest absolute Gasteiger partial charge is 0.480 e. The van der Waals surface area contributed by atoms with E-state index in [0.29, 0.717) is 19.2 Å². The first-order chi connectivity index (χ1) is 9.47. The lowest BCUT2D eigenvalue weighted by Crippen LogP contribution is -2.60. The molecule has 0 bridgehead atoms. The Morgan fingerprint density at radius 3 is 2.95 bits per heavy atom. The van der Waals surface area contributed by atoms with Crippen LogP contribution >= 0.6 is 0 Å². The third kappa shape index (κ3) is 3.68. The van der Waals surface area contributed by atoms with Gasteiger partial charge < -0.3 is 15.2 Å². The summed E-state index contributed by atoms with van der Waals surface area (Å²) in [5.41, 5.74) is 0. The molecule has 1 amide bonds. The zero-order valence-electron chi connectivity index (χ0n) is 12.0. The van der Waals surface area contributed by atoms with E-state index in [9.17, 15) is 14.7 Å². The van der Waals surface area contributed by atoms with Crippen LogP contribution in [0.3, 0.4) is 0 Å². The Labute approximate surface area is 118 Å². The van der Waals surface area contributed by atoms with Crippen LogP contribution < -0.4 is 5.32 Å². The zero-order chi connectivity index (χ0) is 14.7. The van der Waals surface area contributed by atoms with Crippen LogP contribution in [0.1, 0.15) is 13.8 Å². The number of carboxylic acids is 1. The summed E-state index contributed by atoms with van der Waals surface area (Å²) in [4.78, 5) is 26.7. The van der Waals surface area contributed by atoms with E-state index in [2.05, 4.69) is 24.1 Å². The topological polar surface area (TPSA) is 82.1 Å². The van der Waals surface area contributed by atoms with Crippen LogP contribution in [0.2, 0.25) is 0 Å². The fourth-order valence-electron chi connectivity index (χ4n) is 2.71. The zero-order valence-corrected chi connectivity index (χ0v) is 12.0. The number of nitrogens with zero attached hydrogens (tertiary/aromatic N) is 2.